The second-order valence-corrected chi connectivity index (χ2v) is 10.0. The zero-order chi connectivity index (χ0) is 25.7. The van der Waals surface area contributed by atoms with Gasteiger partial charge in [-0.3, -0.25) is 4.79 Å². The summed E-state index contributed by atoms with van der Waals surface area (Å²) in [5.74, 6) is -0.461. The molecule has 0 saturated heterocycles. The Morgan fingerprint density at radius 1 is 1.17 bits per heavy atom. The average Bonchev–Trinajstić information content (AvgIpc) is 2.77. The van der Waals surface area contributed by atoms with Gasteiger partial charge in [0.1, 0.15) is 11.7 Å². The first kappa shape index (κ1) is 24.7. The molecule has 1 aliphatic carbocycles. The molecule has 0 spiro atoms. The highest BCUT2D eigenvalue weighted by Gasteiger charge is 2.45. The van der Waals surface area contributed by atoms with Gasteiger partial charge >= 0.3 is 6.18 Å². The van der Waals surface area contributed by atoms with Crippen LogP contribution in [-0.4, -0.2) is 50.6 Å². The summed E-state index contributed by atoms with van der Waals surface area (Å²) in [6, 6.07) is 4.35. The number of primary sulfonamides is 1. The van der Waals surface area contributed by atoms with E-state index in [0.29, 0.717) is 11.4 Å². The topological polar surface area (TPSA) is 122 Å². The molecule has 0 radical (unpaired) electrons. The minimum atomic E-state index is -4.57. The number of benzene rings is 1. The summed E-state index contributed by atoms with van der Waals surface area (Å²) in [6.45, 7) is 1.69. The van der Waals surface area contributed by atoms with Gasteiger partial charge in [-0.05, 0) is 42.2 Å². The van der Waals surface area contributed by atoms with Crippen LogP contribution in [0.15, 0.2) is 58.7 Å². The maximum atomic E-state index is 13.9. The van der Waals surface area contributed by atoms with Crippen molar-refractivity contribution in [2.24, 2.45) is 11.1 Å². The van der Waals surface area contributed by atoms with Crippen molar-refractivity contribution in [3.8, 4) is 0 Å². The number of nitrogens with zero attached hydrogens (tertiary/aromatic N) is 4. The van der Waals surface area contributed by atoms with Gasteiger partial charge in [0.15, 0.2) is 5.82 Å². The molecule has 1 aromatic heterocycles. The molecule has 2 aliphatic rings. The van der Waals surface area contributed by atoms with Crippen LogP contribution in [0.3, 0.4) is 0 Å². The second-order valence-electron chi connectivity index (χ2n) is 8.48. The van der Waals surface area contributed by atoms with E-state index in [4.69, 9.17) is 5.14 Å². The summed E-state index contributed by atoms with van der Waals surface area (Å²) in [7, 11) is -0.874. The number of amides is 1. The summed E-state index contributed by atoms with van der Waals surface area (Å²) < 4.78 is 64.5. The van der Waals surface area contributed by atoms with E-state index >= 15 is 0 Å². The summed E-state index contributed by atoms with van der Waals surface area (Å²) in [4.78, 5) is 24.4. The maximum Gasteiger partial charge on any atom is 0.413 e. The first-order valence-corrected chi connectivity index (χ1v) is 12.1. The number of nitrogens with two attached hydrogens (primary N) is 1. The number of hydrogen-bond donors (Lipinski definition) is 2. The lowest BCUT2D eigenvalue weighted by atomic mass is 9.85. The van der Waals surface area contributed by atoms with Crippen LogP contribution in [0.25, 0.3) is 0 Å². The first-order chi connectivity index (χ1) is 16.3. The third-order valence-corrected chi connectivity index (χ3v) is 6.88. The van der Waals surface area contributed by atoms with Crippen LogP contribution in [0.1, 0.15) is 13.3 Å². The van der Waals surface area contributed by atoms with Crippen molar-refractivity contribution in [2.75, 3.05) is 29.2 Å². The number of hydrogen-bond acceptors (Lipinski definition) is 7. The average molecular weight is 509 g/mol. The van der Waals surface area contributed by atoms with Crippen LogP contribution in [-0.2, 0) is 14.8 Å². The molecule has 0 fully saturated rings. The number of carbonyl (C=O) groups excluding carboxylic acids is 1. The van der Waals surface area contributed by atoms with Crippen molar-refractivity contribution >= 4 is 39.1 Å². The predicted octanol–water partition coefficient (Wildman–Crippen LogP) is 3.10. The third kappa shape index (κ3) is 4.73. The monoisotopic (exact) mass is 508 g/mol. The number of alkyl halides is 3. The Balaban J connectivity index is 1.71. The zero-order valence-electron chi connectivity index (χ0n) is 19.0. The molecule has 2 aromatic rings. The van der Waals surface area contributed by atoms with Gasteiger partial charge in [0, 0.05) is 25.4 Å². The minimum absolute atomic E-state index is 0.0688. The molecule has 2 atom stereocenters. The van der Waals surface area contributed by atoms with Crippen molar-refractivity contribution < 1.29 is 26.4 Å². The van der Waals surface area contributed by atoms with E-state index < -0.39 is 33.7 Å². The Kier molecular flexibility index (Phi) is 6.09. The highest BCUT2D eigenvalue weighted by atomic mass is 32.2. The van der Waals surface area contributed by atoms with Crippen molar-refractivity contribution in [3.63, 3.8) is 0 Å². The van der Waals surface area contributed by atoms with E-state index in [1.807, 2.05) is 0 Å². The molecule has 4 rings (SSSR count). The van der Waals surface area contributed by atoms with Gasteiger partial charge < -0.3 is 15.1 Å². The van der Waals surface area contributed by atoms with E-state index in [0.717, 1.165) is 0 Å². The summed E-state index contributed by atoms with van der Waals surface area (Å²) >= 11 is 0. The molecule has 3 N–H and O–H groups in total. The maximum absolute atomic E-state index is 13.9. The lowest BCUT2D eigenvalue weighted by Gasteiger charge is -2.40. The highest BCUT2D eigenvalue weighted by molar-refractivity contribution is 7.89. The van der Waals surface area contributed by atoms with E-state index in [1.165, 1.54) is 60.4 Å². The third-order valence-electron chi connectivity index (χ3n) is 5.95. The number of allylic oxidation sites excluding steroid dienone is 2. The number of sulfonamides is 1. The molecule has 1 aromatic carbocycles. The van der Waals surface area contributed by atoms with Crippen LogP contribution in [0.4, 0.5) is 36.3 Å². The lowest BCUT2D eigenvalue weighted by molar-refractivity contribution is -0.119. The number of fused-ring (bicyclic) bond motifs is 1. The standard InChI is InChI=1S/C22H23F3N6O3S/c1-12-4-9-15(16(10-12)22(23,24)25)18-20(32)30(2)17-11-27-21(29-19(17)31(18)3)28-13-5-7-14(8-6-13)35(26,33)34/h4-9,11-12,18H,10H2,1-3H3,(H2,26,33,34)(H,27,28,29). The smallest absolute Gasteiger partial charge is 0.342 e. The number of likely N-dealkylation sites (N-methyl/N-ethyl adjacent to an activating group) is 2. The molecule has 9 nitrogen and oxygen atoms in total. The van der Waals surface area contributed by atoms with Crippen LogP contribution in [0, 0.1) is 5.92 Å². The quantitative estimate of drug-likeness (QED) is 0.651. The molecule has 35 heavy (non-hydrogen) atoms. The Morgan fingerprint density at radius 2 is 1.83 bits per heavy atom. The number of anilines is 4. The van der Waals surface area contributed by atoms with E-state index in [-0.39, 0.29) is 34.6 Å². The molecule has 1 amide bonds. The molecular formula is C22H23F3N6O3S. The zero-order valence-corrected chi connectivity index (χ0v) is 19.9. The Morgan fingerprint density at radius 3 is 2.43 bits per heavy atom. The number of aromatic nitrogens is 2. The van der Waals surface area contributed by atoms with Crippen molar-refractivity contribution in [1.29, 1.82) is 0 Å². The van der Waals surface area contributed by atoms with Gasteiger partial charge in [-0.2, -0.15) is 18.2 Å². The predicted molar refractivity (Wildman–Crippen MR) is 125 cm³/mol. The number of rotatable bonds is 4. The number of halogens is 3. The molecule has 0 saturated carbocycles. The van der Waals surface area contributed by atoms with Gasteiger partial charge in [-0.15, -0.1) is 0 Å². The largest absolute Gasteiger partial charge is 0.413 e. The van der Waals surface area contributed by atoms with Crippen molar-refractivity contribution in [3.05, 3.63) is 53.8 Å². The summed E-state index contributed by atoms with van der Waals surface area (Å²) in [6.07, 6.45) is -0.349. The van der Waals surface area contributed by atoms with Gasteiger partial charge in [0.05, 0.1) is 11.1 Å². The Hall–Kier alpha value is -3.45. The molecule has 186 valence electrons. The van der Waals surface area contributed by atoms with Crippen LogP contribution < -0.4 is 20.3 Å². The van der Waals surface area contributed by atoms with Gasteiger partial charge in [-0.1, -0.05) is 19.1 Å². The molecule has 2 heterocycles. The van der Waals surface area contributed by atoms with Crippen LogP contribution >= 0.6 is 0 Å². The summed E-state index contributed by atoms with van der Waals surface area (Å²) in [5.41, 5.74) is -0.0292. The van der Waals surface area contributed by atoms with Crippen LogP contribution in [0.2, 0.25) is 0 Å². The SMILES string of the molecule is CC1C=CC(C2C(=O)N(C)c3cnc(Nc4ccc(S(N)(=O)=O)cc4)nc3N2C)=C(C(F)(F)F)C1. The lowest BCUT2D eigenvalue weighted by Crippen LogP contribution is -2.52. The normalized spacial score (nSPS) is 20.8. The van der Waals surface area contributed by atoms with E-state index in [1.54, 1.807) is 13.0 Å². The number of nitrogens with one attached hydrogen (secondary N) is 1. The minimum Gasteiger partial charge on any atom is -0.342 e. The van der Waals surface area contributed by atoms with Crippen molar-refractivity contribution in [1.82, 2.24) is 9.97 Å². The fraction of sp³-hybridized carbons (Fsp3) is 0.318. The van der Waals surface area contributed by atoms with Crippen LogP contribution in [0.5, 0.6) is 0 Å². The molecule has 13 heteroatoms. The fourth-order valence-electron chi connectivity index (χ4n) is 4.12. The fourth-order valence-corrected chi connectivity index (χ4v) is 4.64. The molecule has 2 unspecified atom stereocenters. The van der Waals surface area contributed by atoms with Gasteiger partial charge in [-0.25, -0.2) is 18.5 Å². The first-order valence-electron chi connectivity index (χ1n) is 10.5. The molecule has 1 aliphatic heterocycles. The Labute approximate surface area is 200 Å². The Bertz CT molecular complexity index is 1340. The summed E-state index contributed by atoms with van der Waals surface area (Å²) in [5, 5.41) is 8.02. The van der Waals surface area contributed by atoms with E-state index in [2.05, 4.69) is 15.3 Å². The van der Waals surface area contributed by atoms with Crippen molar-refractivity contribution in [2.45, 2.75) is 30.5 Å². The van der Waals surface area contributed by atoms with Gasteiger partial charge in [0.2, 0.25) is 16.0 Å². The van der Waals surface area contributed by atoms with E-state index in [9.17, 15) is 26.4 Å². The van der Waals surface area contributed by atoms with Gasteiger partial charge in [0.25, 0.3) is 5.91 Å². The highest BCUT2D eigenvalue weighted by Crippen LogP contribution is 2.42. The number of carbonyl (C=O) groups is 1. The second kappa shape index (κ2) is 8.64. The molecule has 0 bridgehead atoms. The molecular weight excluding hydrogens is 485 g/mol.